The van der Waals surface area contributed by atoms with E-state index in [1.165, 1.54) is 12.1 Å². The summed E-state index contributed by atoms with van der Waals surface area (Å²) in [6.07, 6.45) is -0.202. The Morgan fingerprint density at radius 3 is 2.48 bits per heavy atom. The van der Waals surface area contributed by atoms with Gasteiger partial charge < -0.3 is 30.3 Å². The number of carbonyl (C=O) groups is 2. The first-order chi connectivity index (χ1) is 20.2. The Kier molecular flexibility index (Phi) is 9.10. The molecule has 5 rings (SSSR count). The van der Waals surface area contributed by atoms with Crippen LogP contribution in [0.15, 0.2) is 71.7 Å². The summed E-state index contributed by atoms with van der Waals surface area (Å²) < 4.78 is 5.89. The van der Waals surface area contributed by atoms with Gasteiger partial charge in [-0.2, -0.15) is 0 Å². The summed E-state index contributed by atoms with van der Waals surface area (Å²) in [6.45, 7) is 4.19. The monoisotopic (exact) mass is 590 g/mol. The summed E-state index contributed by atoms with van der Waals surface area (Å²) in [6, 6.07) is 18.7. The Morgan fingerprint density at radius 2 is 1.79 bits per heavy atom. The average molecular weight is 591 g/mol. The number of hydrogen-bond acceptors (Lipinski definition) is 9. The molecule has 0 bridgehead atoms. The van der Waals surface area contributed by atoms with Gasteiger partial charge in [-0.15, -0.1) is 0 Å². The molecule has 0 saturated carbocycles. The third-order valence-electron chi connectivity index (χ3n) is 7.07. The predicted molar refractivity (Wildman–Crippen MR) is 163 cm³/mol. The fourth-order valence-electron chi connectivity index (χ4n) is 5.09. The number of nitrogens with one attached hydrogen (secondary N) is 4. The molecule has 42 heavy (non-hydrogen) atoms. The van der Waals surface area contributed by atoms with Crippen LogP contribution in [0.5, 0.6) is 5.75 Å². The van der Waals surface area contributed by atoms with E-state index in [2.05, 4.69) is 26.4 Å². The number of amides is 2. The van der Waals surface area contributed by atoms with E-state index >= 15 is 0 Å². The van der Waals surface area contributed by atoms with Gasteiger partial charge in [-0.25, -0.2) is 10.9 Å². The van der Waals surface area contributed by atoms with Gasteiger partial charge in [-0.3, -0.25) is 14.6 Å². The first-order valence-corrected chi connectivity index (χ1v) is 14.0. The van der Waals surface area contributed by atoms with Crippen LogP contribution in [0.3, 0.4) is 0 Å². The zero-order valence-corrected chi connectivity index (χ0v) is 23.9. The number of fused-ring (bicyclic) bond motifs is 3. The molecule has 1 saturated heterocycles. The number of halogens is 1. The lowest BCUT2D eigenvalue weighted by atomic mass is 9.80. The Balaban J connectivity index is 1.44. The quantitative estimate of drug-likeness (QED) is 0.205. The van der Waals surface area contributed by atoms with Crippen molar-refractivity contribution in [3.8, 4) is 5.75 Å². The van der Waals surface area contributed by atoms with Crippen LogP contribution < -0.4 is 36.6 Å². The average Bonchev–Trinajstić information content (AvgIpc) is 3.29. The van der Waals surface area contributed by atoms with Crippen LogP contribution in [0.25, 0.3) is 0 Å². The van der Waals surface area contributed by atoms with Crippen LogP contribution >= 0.6 is 11.6 Å². The second-order valence-corrected chi connectivity index (χ2v) is 10.5. The van der Waals surface area contributed by atoms with Crippen LogP contribution in [0.2, 0.25) is 5.02 Å². The van der Waals surface area contributed by atoms with Crippen molar-refractivity contribution in [2.75, 3.05) is 23.4 Å². The maximum absolute atomic E-state index is 12.7. The van der Waals surface area contributed by atoms with Crippen molar-refractivity contribution in [3.05, 3.63) is 82.9 Å². The molecule has 0 aliphatic carbocycles. The normalized spacial score (nSPS) is 19.2. The SMILES string of the molecule is CCNC(=O)CC1N=C(c2ccc(Cl)cc2)c2cc(OCC(=O)Nc3ccc(B(O)O)cc3)ccc2N2C(C)NNC12. The van der Waals surface area contributed by atoms with Crippen molar-refractivity contribution in [1.82, 2.24) is 16.2 Å². The molecule has 2 aliphatic heterocycles. The molecule has 1 fully saturated rings. The van der Waals surface area contributed by atoms with Crippen LogP contribution in [-0.4, -0.2) is 66.2 Å². The fourth-order valence-corrected chi connectivity index (χ4v) is 5.22. The number of hydrogen-bond donors (Lipinski definition) is 6. The minimum Gasteiger partial charge on any atom is -0.484 e. The Labute approximate surface area is 249 Å². The van der Waals surface area contributed by atoms with E-state index in [9.17, 15) is 19.6 Å². The lowest BCUT2D eigenvalue weighted by Crippen LogP contribution is -2.47. The van der Waals surface area contributed by atoms with E-state index < -0.39 is 13.2 Å². The summed E-state index contributed by atoms with van der Waals surface area (Å²) in [5.41, 5.74) is 10.6. The lowest BCUT2D eigenvalue weighted by Gasteiger charge is -2.31. The molecule has 3 aromatic carbocycles. The molecule has 0 radical (unpaired) electrons. The van der Waals surface area contributed by atoms with E-state index in [1.807, 2.05) is 38.1 Å². The van der Waals surface area contributed by atoms with Crippen LogP contribution in [0.1, 0.15) is 31.4 Å². The summed E-state index contributed by atoms with van der Waals surface area (Å²) in [5, 5.41) is 24.7. The fraction of sp³-hybridized carbons (Fsp3) is 0.276. The number of aliphatic imine (C=N–C) groups is 1. The van der Waals surface area contributed by atoms with Gasteiger partial charge in [0.25, 0.3) is 5.91 Å². The smallest absolute Gasteiger partial charge is 0.484 e. The van der Waals surface area contributed by atoms with Gasteiger partial charge in [-0.05, 0) is 61.8 Å². The van der Waals surface area contributed by atoms with Gasteiger partial charge in [0.2, 0.25) is 5.91 Å². The van der Waals surface area contributed by atoms with Crippen LogP contribution in [0, 0.1) is 0 Å². The molecular formula is C29H32BClN6O5. The van der Waals surface area contributed by atoms with Crippen molar-refractivity contribution in [2.45, 2.75) is 38.6 Å². The van der Waals surface area contributed by atoms with Crippen molar-refractivity contribution in [3.63, 3.8) is 0 Å². The summed E-state index contributed by atoms with van der Waals surface area (Å²) in [5.74, 6) is -0.000510. The van der Waals surface area contributed by atoms with Gasteiger partial charge in [0.15, 0.2) is 6.61 Å². The second kappa shape index (κ2) is 12.9. The number of ether oxygens (including phenoxy) is 1. The first kappa shape index (κ1) is 29.6. The van der Waals surface area contributed by atoms with Crippen LogP contribution in [0.4, 0.5) is 11.4 Å². The van der Waals surface area contributed by atoms with Crippen molar-refractivity contribution in [1.29, 1.82) is 0 Å². The molecule has 11 nitrogen and oxygen atoms in total. The molecule has 13 heteroatoms. The summed E-state index contributed by atoms with van der Waals surface area (Å²) >= 11 is 6.19. The Hall–Kier alpha value is -3.94. The maximum atomic E-state index is 12.7. The van der Waals surface area contributed by atoms with Crippen molar-refractivity contribution < 1.29 is 24.4 Å². The Morgan fingerprint density at radius 1 is 1.05 bits per heavy atom. The van der Waals surface area contributed by atoms with Gasteiger partial charge in [0.05, 0.1) is 24.3 Å². The molecule has 218 valence electrons. The number of rotatable bonds is 9. The summed E-state index contributed by atoms with van der Waals surface area (Å²) in [7, 11) is -1.58. The molecule has 3 unspecified atom stereocenters. The highest BCUT2D eigenvalue weighted by molar-refractivity contribution is 6.58. The third kappa shape index (κ3) is 6.58. The maximum Gasteiger partial charge on any atom is 0.488 e. The lowest BCUT2D eigenvalue weighted by molar-refractivity contribution is -0.121. The zero-order valence-electron chi connectivity index (χ0n) is 23.2. The van der Waals surface area contributed by atoms with E-state index in [1.54, 1.807) is 30.3 Å². The molecule has 6 N–H and O–H groups in total. The topological polar surface area (TPSA) is 148 Å². The molecule has 3 aromatic rings. The van der Waals surface area contributed by atoms with Crippen LogP contribution in [-0.2, 0) is 9.59 Å². The molecule has 2 amide bonds. The molecule has 3 atom stereocenters. The zero-order chi connectivity index (χ0) is 29.8. The van der Waals surface area contributed by atoms with Gasteiger partial charge in [0.1, 0.15) is 11.9 Å². The van der Waals surface area contributed by atoms with Gasteiger partial charge >= 0.3 is 7.12 Å². The Bertz CT molecular complexity index is 1470. The number of carbonyl (C=O) groups excluding carboxylic acids is 2. The molecule has 0 aromatic heterocycles. The van der Waals surface area contributed by atoms with Gasteiger partial charge in [-0.1, -0.05) is 35.9 Å². The highest BCUT2D eigenvalue weighted by Crippen LogP contribution is 2.36. The van der Waals surface area contributed by atoms with E-state index in [0.717, 1.165) is 16.8 Å². The molecule has 0 spiro atoms. The third-order valence-corrected chi connectivity index (χ3v) is 7.32. The molecule has 2 heterocycles. The largest absolute Gasteiger partial charge is 0.488 e. The second-order valence-electron chi connectivity index (χ2n) is 10.0. The van der Waals surface area contributed by atoms with E-state index in [4.69, 9.17) is 21.3 Å². The highest BCUT2D eigenvalue weighted by atomic mass is 35.5. The first-order valence-electron chi connectivity index (χ1n) is 13.7. The minimum atomic E-state index is -1.58. The summed E-state index contributed by atoms with van der Waals surface area (Å²) in [4.78, 5) is 32.6. The number of benzene rings is 3. The number of nitrogens with zero attached hydrogens (tertiary/aromatic N) is 2. The van der Waals surface area contributed by atoms with Crippen molar-refractivity contribution in [2.24, 2.45) is 4.99 Å². The minimum absolute atomic E-state index is 0.0915. The van der Waals surface area contributed by atoms with E-state index in [-0.39, 0.29) is 37.2 Å². The predicted octanol–water partition coefficient (Wildman–Crippen LogP) is 1.37. The molecular weight excluding hydrogens is 559 g/mol. The standard InChI is InChI=1S/C29H32BClN6O5/c1-3-32-26(38)15-24-29-36-35-17(2)37(29)25-13-12-22(14-23(25)28(34-24)18-4-8-20(31)9-5-18)42-16-27(39)33-21-10-6-19(7-11-21)30(40)41/h4-14,17,24,29,35-36,40-41H,3,15-16H2,1-2H3,(H,32,38)(H,33,39). The molecule has 2 aliphatic rings. The van der Waals surface area contributed by atoms with Crippen molar-refractivity contribution >= 4 is 53.1 Å². The van der Waals surface area contributed by atoms with E-state index in [0.29, 0.717) is 34.2 Å². The number of anilines is 2. The number of hydrazine groups is 1. The van der Waals surface area contributed by atoms with Gasteiger partial charge in [0, 0.05) is 34.1 Å². The highest BCUT2D eigenvalue weighted by Gasteiger charge is 2.40.